The molecule has 0 bridgehead atoms. The number of benzene rings is 1. The largest absolute Gasteiger partial charge is 0.493 e. The summed E-state index contributed by atoms with van der Waals surface area (Å²) in [6, 6.07) is 6.04. The van der Waals surface area contributed by atoms with E-state index in [0.29, 0.717) is 5.56 Å². The highest BCUT2D eigenvalue weighted by Gasteiger charge is 2.15. The number of hydrogen-bond acceptors (Lipinski definition) is 3. The van der Waals surface area contributed by atoms with Gasteiger partial charge in [0.15, 0.2) is 0 Å². The van der Waals surface area contributed by atoms with Gasteiger partial charge in [-0.3, -0.25) is 4.79 Å². The predicted molar refractivity (Wildman–Crippen MR) is 78.2 cm³/mol. The maximum absolute atomic E-state index is 12.0. The van der Waals surface area contributed by atoms with Crippen LogP contribution in [0.4, 0.5) is 0 Å². The van der Waals surface area contributed by atoms with E-state index >= 15 is 0 Å². The number of aryl methyl sites for hydroxylation is 1. The van der Waals surface area contributed by atoms with Crippen LogP contribution < -0.4 is 10.3 Å². The molecule has 0 unspecified atom stereocenters. The van der Waals surface area contributed by atoms with Crippen LogP contribution in [0, 0.1) is 6.92 Å². The maximum Gasteiger partial charge on any atom is 0.254 e. The van der Waals surface area contributed by atoms with Crippen LogP contribution in [0.25, 0.3) is 11.3 Å². The molecule has 0 amide bonds. The first-order valence-corrected chi connectivity index (χ1v) is 7.05. The van der Waals surface area contributed by atoms with Gasteiger partial charge in [0.25, 0.3) is 5.56 Å². The van der Waals surface area contributed by atoms with Crippen molar-refractivity contribution in [3.8, 4) is 17.0 Å². The van der Waals surface area contributed by atoms with E-state index in [1.807, 2.05) is 19.1 Å². The summed E-state index contributed by atoms with van der Waals surface area (Å²) in [7, 11) is 0. The Bertz CT molecular complexity index is 704. The minimum absolute atomic E-state index is 0.0461. The first-order valence-electron chi connectivity index (χ1n) is 7.05. The third kappa shape index (κ3) is 2.22. The van der Waals surface area contributed by atoms with Gasteiger partial charge in [-0.2, -0.15) is 0 Å². The van der Waals surface area contributed by atoms with Crippen molar-refractivity contribution in [3.05, 3.63) is 45.5 Å². The molecule has 4 heteroatoms. The number of aromatic nitrogens is 2. The third-order valence-corrected chi connectivity index (χ3v) is 3.65. The van der Waals surface area contributed by atoms with Gasteiger partial charge in [-0.1, -0.05) is 6.92 Å². The summed E-state index contributed by atoms with van der Waals surface area (Å²) in [5, 5.41) is 0. The molecule has 0 aliphatic carbocycles. The lowest BCUT2D eigenvalue weighted by molar-refractivity contribution is 0.357. The number of aromatic amines is 1. The van der Waals surface area contributed by atoms with Crippen molar-refractivity contribution in [3.63, 3.8) is 0 Å². The van der Waals surface area contributed by atoms with Crippen molar-refractivity contribution >= 4 is 0 Å². The molecule has 1 N–H and O–H groups in total. The predicted octanol–water partition coefficient (Wildman–Crippen LogP) is 2.63. The Hall–Kier alpha value is -2.10. The van der Waals surface area contributed by atoms with Crippen LogP contribution >= 0.6 is 0 Å². The zero-order chi connectivity index (χ0) is 14.1. The summed E-state index contributed by atoms with van der Waals surface area (Å²) in [4.78, 5) is 19.5. The highest BCUT2D eigenvalue weighted by atomic mass is 16.5. The summed E-state index contributed by atoms with van der Waals surface area (Å²) < 4.78 is 5.52. The minimum atomic E-state index is -0.0461. The fourth-order valence-electron chi connectivity index (χ4n) is 2.55. The molecule has 1 aliphatic heterocycles. The molecular weight excluding hydrogens is 252 g/mol. The first kappa shape index (κ1) is 12.9. The molecular formula is C16H18N2O2. The van der Waals surface area contributed by atoms with E-state index in [9.17, 15) is 4.79 Å². The zero-order valence-corrected chi connectivity index (χ0v) is 11.8. The van der Waals surface area contributed by atoms with Crippen LogP contribution in [0.5, 0.6) is 5.75 Å². The van der Waals surface area contributed by atoms with Gasteiger partial charge in [-0.15, -0.1) is 0 Å². The number of rotatable bonds is 3. The highest BCUT2D eigenvalue weighted by molar-refractivity contribution is 5.65. The molecule has 20 heavy (non-hydrogen) atoms. The van der Waals surface area contributed by atoms with Crippen LogP contribution in [0.15, 0.2) is 23.0 Å². The number of H-pyrrole nitrogens is 1. The molecule has 3 rings (SSSR count). The Morgan fingerprint density at radius 2 is 2.25 bits per heavy atom. The van der Waals surface area contributed by atoms with E-state index < -0.39 is 0 Å². The molecule has 0 spiro atoms. The quantitative estimate of drug-likeness (QED) is 0.932. The fraction of sp³-hybridized carbons (Fsp3) is 0.375. The summed E-state index contributed by atoms with van der Waals surface area (Å²) in [5.74, 6) is 1.71. The molecule has 0 saturated heterocycles. The minimum Gasteiger partial charge on any atom is -0.493 e. The Labute approximate surface area is 117 Å². The molecule has 0 radical (unpaired) electrons. The van der Waals surface area contributed by atoms with E-state index in [0.717, 1.165) is 48.7 Å². The van der Waals surface area contributed by atoms with Crippen LogP contribution in [0.1, 0.15) is 30.3 Å². The molecule has 104 valence electrons. The average molecular weight is 270 g/mol. The third-order valence-electron chi connectivity index (χ3n) is 3.65. The van der Waals surface area contributed by atoms with Gasteiger partial charge in [0.2, 0.25) is 0 Å². The monoisotopic (exact) mass is 270 g/mol. The number of nitrogens with zero attached hydrogens (tertiary/aromatic N) is 1. The highest BCUT2D eigenvalue weighted by Crippen LogP contribution is 2.30. The summed E-state index contributed by atoms with van der Waals surface area (Å²) >= 11 is 0. The van der Waals surface area contributed by atoms with Gasteiger partial charge in [-0.05, 0) is 37.1 Å². The van der Waals surface area contributed by atoms with Gasteiger partial charge in [0, 0.05) is 24.0 Å². The summed E-state index contributed by atoms with van der Waals surface area (Å²) in [5.41, 5.74) is 3.60. The lowest BCUT2D eigenvalue weighted by Gasteiger charge is -2.08. The second-order valence-corrected chi connectivity index (χ2v) is 5.16. The zero-order valence-electron chi connectivity index (χ0n) is 11.8. The SMILES string of the molecule is CCCc1nc(-c2ccc3c(c2)CCO3)c(C)c(=O)[nH]1. The second-order valence-electron chi connectivity index (χ2n) is 5.16. The van der Waals surface area contributed by atoms with E-state index in [1.54, 1.807) is 0 Å². The second kappa shape index (κ2) is 5.12. The van der Waals surface area contributed by atoms with E-state index in [2.05, 4.69) is 23.0 Å². The van der Waals surface area contributed by atoms with E-state index in [4.69, 9.17) is 4.74 Å². The molecule has 1 aromatic carbocycles. The van der Waals surface area contributed by atoms with E-state index in [-0.39, 0.29) is 5.56 Å². The Morgan fingerprint density at radius 3 is 3.05 bits per heavy atom. The normalized spacial score (nSPS) is 13.1. The molecule has 1 aliphatic rings. The van der Waals surface area contributed by atoms with E-state index in [1.165, 1.54) is 5.56 Å². The first-order chi connectivity index (χ1) is 9.69. The standard InChI is InChI=1S/C16H18N2O2/c1-3-4-14-17-15(10(2)16(19)18-14)12-5-6-13-11(9-12)7-8-20-13/h5-6,9H,3-4,7-8H2,1-2H3,(H,17,18,19). The van der Waals surface area contributed by atoms with Gasteiger partial charge in [0.1, 0.15) is 11.6 Å². The topological polar surface area (TPSA) is 55.0 Å². The van der Waals surface area contributed by atoms with Crippen LogP contribution in [-0.2, 0) is 12.8 Å². The van der Waals surface area contributed by atoms with Gasteiger partial charge in [-0.25, -0.2) is 4.98 Å². The van der Waals surface area contributed by atoms with Crippen LogP contribution in [0.3, 0.4) is 0 Å². The smallest absolute Gasteiger partial charge is 0.254 e. The Balaban J connectivity index is 2.11. The van der Waals surface area contributed by atoms with Gasteiger partial charge in [0.05, 0.1) is 12.3 Å². The van der Waals surface area contributed by atoms with Crippen molar-refractivity contribution in [2.75, 3.05) is 6.61 Å². The Morgan fingerprint density at radius 1 is 1.40 bits per heavy atom. The van der Waals surface area contributed by atoms with Crippen molar-refractivity contribution in [1.29, 1.82) is 0 Å². The Kier molecular flexibility index (Phi) is 3.30. The van der Waals surface area contributed by atoms with Crippen LogP contribution in [-0.4, -0.2) is 16.6 Å². The lowest BCUT2D eigenvalue weighted by atomic mass is 10.0. The lowest BCUT2D eigenvalue weighted by Crippen LogP contribution is -2.16. The number of fused-ring (bicyclic) bond motifs is 1. The van der Waals surface area contributed by atoms with Crippen molar-refractivity contribution in [2.45, 2.75) is 33.1 Å². The molecule has 0 saturated carbocycles. The number of nitrogens with one attached hydrogen (secondary N) is 1. The average Bonchev–Trinajstić information content (AvgIpc) is 2.90. The van der Waals surface area contributed by atoms with Gasteiger partial charge < -0.3 is 9.72 Å². The fourth-order valence-corrected chi connectivity index (χ4v) is 2.55. The van der Waals surface area contributed by atoms with Crippen molar-refractivity contribution in [1.82, 2.24) is 9.97 Å². The van der Waals surface area contributed by atoms with Crippen molar-refractivity contribution < 1.29 is 4.74 Å². The molecule has 2 aromatic rings. The number of ether oxygens (including phenoxy) is 1. The molecule has 4 nitrogen and oxygen atoms in total. The molecule has 0 fully saturated rings. The van der Waals surface area contributed by atoms with Crippen molar-refractivity contribution in [2.24, 2.45) is 0 Å². The molecule has 0 atom stereocenters. The number of hydrogen-bond donors (Lipinski definition) is 1. The molecule has 1 aromatic heterocycles. The molecule has 2 heterocycles. The van der Waals surface area contributed by atoms with Gasteiger partial charge >= 0.3 is 0 Å². The summed E-state index contributed by atoms with van der Waals surface area (Å²) in [6.07, 6.45) is 2.67. The maximum atomic E-state index is 12.0. The van der Waals surface area contributed by atoms with Crippen LogP contribution in [0.2, 0.25) is 0 Å². The summed E-state index contributed by atoms with van der Waals surface area (Å²) in [6.45, 7) is 4.63.